The molecule has 0 radical (unpaired) electrons. The van der Waals surface area contributed by atoms with E-state index in [1.54, 1.807) is 6.20 Å². The molecule has 80 valence electrons. The van der Waals surface area contributed by atoms with Gasteiger partial charge in [-0.05, 0) is 34.5 Å². The van der Waals surface area contributed by atoms with E-state index in [0.29, 0.717) is 0 Å². The fraction of sp³-hybridized carbons (Fsp3) is 0.462. The summed E-state index contributed by atoms with van der Waals surface area (Å²) in [5.41, 5.74) is 0.980. The summed E-state index contributed by atoms with van der Waals surface area (Å²) in [6.45, 7) is 2.22. The van der Waals surface area contributed by atoms with Crippen LogP contribution in [0.25, 0.3) is 0 Å². The van der Waals surface area contributed by atoms with Crippen LogP contribution in [0.3, 0.4) is 0 Å². The number of hydrogen-bond donors (Lipinski definition) is 0. The van der Waals surface area contributed by atoms with E-state index in [1.165, 1.54) is 25.7 Å². The summed E-state index contributed by atoms with van der Waals surface area (Å²) in [6.07, 6.45) is 7.84. The lowest BCUT2D eigenvalue weighted by Crippen LogP contribution is -1.80. The molecule has 0 saturated carbocycles. The van der Waals surface area contributed by atoms with Crippen molar-refractivity contribution in [2.75, 3.05) is 0 Å². The Hall–Kier alpha value is -0.810. The zero-order valence-corrected chi connectivity index (χ0v) is 10.7. The summed E-state index contributed by atoms with van der Waals surface area (Å²) in [7, 11) is 0. The second-order valence-electron chi connectivity index (χ2n) is 3.45. The molecule has 1 aromatic rings. The van der Waals surface area contributed by atoms with Gasteiger partial charge in [-0.2, -0.15) is 0 Å². The van der Waals surface area contributed by atoms with Crippen molar-refractivity contribution in [3.05, 3.63) is 28.5 Å². The Morgan fingerprint density at radius 1 is 1.33 bits per heavy atom. The van der Waals surface area contributed by atoms with Crippen LogP contribution in [0.5, 0.6) is 0 Å². The number of rotatable bonds is 4. The van der Waals surface area contributed by atoms with Crippen molar-refractivity contribution in [2.45, 2.75) is 39.0 Å². The van der Waals surface area contributed by atoms with Crippen LogP contribution >= 0.6 is 15.9 Å². The third-order valence-corrected chi connectivity index (χ3v) is 2.77. The molecule has 1 rings (SSSR count). The zero-order valence-electron chi connectivity index (χ0n) is 9.09. The van der Waals surface area contributed by atoms with Crippen LogP contribution in [0.1, 0.15) is 44.6 Å². The van der Waals surface area contributed by atoms with Gasteiger partial charge in [-0.1, -0.05) is 38.0 Å². The highest BCUT2D eigenvalue weighted by Crippen LogP contribution is 2.10. The molecule has 0 aliphatic carbocycles. The molecule has 1 aromatic heterocycles. The van der Waals surface area contributed by atoms with E-state index in [2.05, 4.69) is 39.7 Å². The first-order valence-corrected chi connectivity index (χ1v) is 6.23. The summed E-state index contributed by atoms with van der Waals surface area (Å²) in [4.78, 5) is 4.12. The molecular formula is C13H16BrN. The lowest BCUT2D eigenvalue weighted by Gasteiger charge is -1.93. The van der Waals surface area contributed by atoms with E-state index in [1.807, 2.05) is 12.1 Å². The quantitative estimate of drug-likeness (QED) is 0.453. The summed E-state index contributed by atoms with van der Waals surface area (Å²) in [5.74, 6) is 6.31. The third kappa shape index (κ3) is 4.99. The Balaban J connectivity index is 2.35. The van der Waals surface area contributed by atoms with Gasteiger partial charge in [0.25, 0.3) is 0 Å². The minimum Gasteiger partial charge on any atom is -0.248 e. The predicted octanol–water partition coefficient (Wildman–Crippen LogP) is 4.17. The highest BCUT2D eigenvalue weighted by Gasteiger charge is 1.93. The maximum atomic E-state index is 4.12. The molecule has 15 heavy (non-hydrogen) atoms. The maximum Gasteiger partial charge on any atom is 0.121 e. The molecule has 0 bridgehead atoms. The molecule has 0 fully saturated rings. The first-order valence-electron chi connectivity index (χ1n) is 5.44. The lowest BCUT2D eigenvalue weighted by molar-refractivity contribution is 0.679. The molecule has 0 aliphatic rings. The summed E-state index contributed by atoms with van der Waals surface area (Å²) in [6, 6.07) is 3.89. The van der Waals surface area contributed by atoms with Crippen LogP contribution < -0.4 is 0 Å². The van der Waals surface area contributed by atoms with Crippen molar-refractivity contribution < 1.29 is 0 Å². The van der Waals surface area contributed by atoms with Crippen LogP contribution in [-0.4, -0.2) is 4.98 Å². The van der Waals surface area contributed by atoms with Crippen LogP contribution in [0.15, 0.2) is 22.9 Å². The Bertz CT molecular complexity index is 349. The fourth-order valence-corrected chi connectivity index (χ4v) is 1.63. The van der Waals surface area contributed by atoms with Crippen LogP contribution in [0, 0.1) is 11.8 Å². The fourth-order valence-electron chi connectivity index (χ4n) is 1.28. The normalized spacial score (nSPS) is 9.47. The molecule has 0 atom stereocenters. The second kappa shape index (κ2) is 7.48. The monoisotopic (exact) mass is 265 g/mol. The lowest BCUT2D eigenvalue weighted by atomic mass is 10.1. The van der Waals surface area contributed by atoms with Gasteiger partial charge in [-0.3, -0.25) is 0 Å². The average molecular weight is 266 g/mol. The van der Waals surface area contributed by atoms with Gasteiger partial charge in [0.15, 0.2) is 0 Å². The van der Waals surface area contributed by atoms with Crippen molar-refractivity contribution in [2.24, 2.45) is 0 Å². The first kappa shape index (κ1) is 12.3. The van der Waals surface area contributed by atoms with Gasteiger partial charge in [0.1, 0.15) is 4.60 Å². The molecule has 0 saturated heterocycles. The van der Waals surface area contributed by atoms with E-state index < -0.39 is 0 Å². The van der Waals surface area contributed by atoms with Crippen molar-refractivity contribution >= 4 is 15.9 Å². The topological polar surface area (TPSA) is 12.9 Å². The minimum absolute atomic E-state index is 0.839. The average Bonchev–Trinajstić information content (AvgIpc) is 2.25. The number of pyridine rings is 1. The summed E-state index contributed by atoms with van der Waals surface area (Å²) < 4.78 is 0.839. The van der Waals surface area contributed by atoms with Gasteiger partial charge in [0.2, 0.25) is 0 Å². The van der Waals surface area contributed by atoms with Crippen molar-refractivity contribution in [1.29, 1.82) is 0 Å². The number of aromatic nitrogens is 1. The Labute approximate surface area is 100 Å². The molecule has 2 heteroatoms. The number of unbranched alkanes of at least 4 members (excludes halogenated alkanes) is 4. The highest BCUT2D eigenvalue weighted by molar-refractivity contribution is 9.10. The standard InChI is InChI=1S/C13H16BrN/c1-2-3-4-5-6-7-9-12-10-8-11-15-13(12)14/h8,10-11H,2-6H2,1H3. The third-order valence-electron chi connectivity index (χ3n) is 2.14. The van der Waals surface area contributed by atoms with E-state index >= 15 is 0 Å². The van der Waals surface area contributed by atoms with Gasteiger partial charge < -0.3 is 0 Å². The Morgan fingerprint density at radius 3 is 2.93 bits per heavy atom. The van der Waals surface area contributed by atoms with E-state index in [4.69, 9.17) is 0 Å². The number of hydrogen-bond acceptors (Lipinski definition) is 1. The van der Waals surface area contributed by atoms with E-state index in [0.717, 1.165) is 16.6 Å². The molecule has 0 aromatic carbocycles. The van der Waals surface area contributed by atoms with Crippen molar-refractivity contribution in [1.82, 2.24) is 4.98 Å². The number of halogens is 1. The molecule has 0 spiro atoms. The predicted molar refractivity (Wildman–Crippen MR) is 67.6 cm³/mol. The van der Waals surface area contributed by atoms with Crippen molar-refractivity contribution in [3.63, 3.8) is 0 Å². The van der Waals surface area contributed by atoms with Crippen LogP contribution in [-0.2, 0) is 0 Å². The molecule has 0 unspecified atom stereocenters. The van der Waals surface area contributed by atoms with E-state index in [-0.39, 0.29) is 0 Å². The highest BCUT2D eigenvalue weighted by atomic mass is 79.9. The molecule has 0 N–H and O–H groups in total. The van der Waals surface area contributed by atoms with Gasteiger partial charge in [0.05, 0.1) is 5.56 Å². The van der Waals surface area contributed by atoms with Crippen molar-refractivity contribution in [3.8, 4) is 11.8 Å². The number of nitrogens with zero attached hydrogens (tertiary/aromatic N) is 1. The molecule has 0 amide bonds. The minimum atomic E-state index is 0.839. The van der Waals surface area contributed by atoms with Gasteiger partial charge >= 0.3 is 0 Å². The SMILES string of the molecule is CCCCCCC#Cc1cccnc1Br. The van der Waals surface area contributed by atoms with Crippen LogP contribution in [0.2, 0.25) is 0 Å². The van der Waals surface area contributed by atoms with E-state index in [9.17, 15) is 0 Å². The molecule has 1 nitrogen and oxygen atoms in total. The summed E-state index contributed by atoms with van der Waals surface area (Å²) in [5, 5.41) is 0. The summed E-state index contributed by atoms with van der Waals surface area (Å²) >= 11 is 3.38. The van der Waals surface area contributed by atoms with Gasteiger partial charge in [-0.15, -0.1) is 0 Å². The first-order chi connectivity index (χ1) is 7.34. The second-order valence-corrected chi connectivity index (χ2v) is 4.21. The Kier molecular flexibility index (Phi) is 6.11. The Morgan fingerprint density at radius 2 is 2.20 bits per heavy atom. The largest absolute Gasteiger partial charge is 0.248 e. The maximum absolute atomic E-state index is 4.12. The van der Waals surface area contributed by atoms with Gasteiger partial charge in [0, 0.05) is 12.6 Å². The molecule has 1 heterocycles. The molecule has 0 aliphatic heterocycles. The van der Waals surface area contributed by atoms with Gasteiger partial charge in [-0.25, -0.2) is 4.98 Å². The molecular weight excluding hydrogens is 250 g/mol. The smallest absolute Gasteiger partial charge is 0.121 e. The zero-order chi connectivity index (χ0) is 10.9. The van der Waals surface area contributed by atoms with Crippen LogP contribution in [0.4, 0.5) is 0 Å².